The number of nitrogens with zero attached hydrogens (tertiary/aromatic N) is 2. The number of thiazole rings is 1. The number of fused-ring (bicyclic) bond motifs is 2. The third-order valence-corrected chi connectivity index (χ3v) is 5.51. The molecule has 30 heavy (non-hydrogen) atoms. The highest BCUT2D eigenvalue weighted by atomic mass is 32.1. The van der Waals surface area contributed by atoms with Crippen LogP contribution >= 0.6 is 11.3 Å². The number of esters is 1. The second-order valence-corrected chi connectivity index (χ2v) is 7.50. The fourth-order valence-corrected chi connectivity index (χ4v) is 4.24. The first kappa shape index (κ1) is 19.9. The molecule has 0 radical (unpaired) electrons. The number of hydrogen-bond acceptors (Lipinski definition) is 4. The average molecular weight is 426 g/mol. The lowest BCUT2D eigenvalue weighted by Crippen LogP contribution is -2.23. The van der Waals surface area contributed by atoms with Gasteiger partial charge in [0.05, 0.1) is 16.8 Å². The Morgan fingerprint density at radius 3 is 2.60 bits per heavy atom. The highest BCUT2D eigenvalue weighted by molar-refractivity contribution is 7.16. The molecule has 0 saturated heterocycles. The van der Waals surface area contributed by atoms with Gasteiger partial charge in [-0.3, -0.25) is 9.59 Å². The molecule has 4 rings (SSSR count). The van der Waals surface area contributed by atoms with Crippen LogP contribution in [0.1, 0.15) is 17.3 Å². The first-order valence-electron chi connectivity index (χ1n) is 9.18. The standard InChI is InChI=1S/C22H16F2N2O3S/c1-2-29-19(27)12-26-20-17(24)10-16(23)11-18(20)30-22(26)25-21(28)15-8-7-13-5-3-4-6-14(13)9-15/h3-11H,2,12H2,1H3. The third-order valence-electron chi connectivity index (χ3n) is 4.48. The van der Waals surface area contributed by atoms with Gasteiger partial charge in [0, 0.05) is 11.6 Å². The Balaban J connectivity index is 1.85. The molecule has 8 heteroatoms. The van der Waals surface area contributed by atoms with Crippen LogP contribution in [-0.2, 0) is 16.1 Å². The highest BCUT2D eigenvalue weighted by Gasteiger charge is 2.17. The molecule has 0 spiro atoms. The summed E-state index contributed by atoms with van der Waals surface area (Å²) < 4.78 is 34.5. The van der Waals surface area contributed by atoms with E-state index in [1.807, 2.05) is 30.3 Å². The summed E-state index contributed by atoms with van der Waals surface area (Å²) in [5, 5.41) is 1.85. The van der Waals surface area contributed by atoms with Crippen LogP contribution in [0.15, 0.2) is 59.6 Å². The van der Waals surface area contributed by atoms with Crippen molar-refractivity contribution < 1.29 is 23.1 Å². The maximum Gasteiger partial charge on any atom is 0.326 e. The van der Waals surface area contributed by atoms with E-state index in [2.05, 4.69) is 4.99 Å². The Labute approximate surface area is 173 Å². The summed E-state index contributed by atoms with van der Waals surface area (Å²) in [5.74, 6) is -2.76. The lowest BCUT2D eigenvalue weighted by molar-refractivity contribution is -0.143. The number of aromatic nitrogens is 1. The van der Waals surface area contributed by atoms with Gasteiger partial charge in [-0.15, -0.1) is 0 Å². The van der Waals surface area contributed by atoms with Gasteiger partial charge in [0.1, 0.15) is 12.4 Å². The van der Waals surface area contributed by atoms with E-state index in [1.165, 1.54) is 4.57 Å². The number of rotatable bonds is 4. The van der Waals surface area contributed by atoms with Gasteiger partial charge in [-0.2, -0.15) is 4.99 Å². The molecule has 0 saturated carbocycles. The molecular weight excluding hydrogens is 410 g/mol. The summed E-state index contributed by atoms with van der Waals surface area (Å²) in [6, 6.07) is 14.6. The van der Waals surface area contributed by atoms with Gasteiger partial charge >= 0.3 is 5.97 Å². The fourth-order valence-electron chi connectivity index (χ4n) is 3.17. The highest BCUT2D eigenvalue weighted by Crippen LogP contribution is 2.23. The molecule has 0 bridgehead atoms. The number of benzene rings is 3. The summed E-state index contributed by atoms with van der Waals surface area (Å²) in [4.78, 5) is 29.0. The molecule has 1 amide bonds. The fraction of sp³-hybridized carbons (Fsp3) is 0.136. The summed E-state index contributed by atoms with van der Waals surface area (Å²) in [6.07, 6.45) is 0. The zero-order chi connectivity index (χ0) is 21.3. The average Bonchev–Trinajstić information content (AvgIpc) is 3.04. The minimum atomic E-state index is -0.842. The van der Waals surface area contributed by atoms with Gasteiger partial charge in [-0.25, -0.2) is 8.78 Å². The van der Waals surface area contributed by atoms with Crippen LogP contribution in [0.3, 0.4) is 0 Å². The van der Waals surface area contributed by atoms with Crippen molar-refractivity contribution in [2.45, 2.75) is 13.5 Å². The largest absolute Gasteiger partial charge is 0.465 e. The van der Waals surface area contributed by atoms with E-state index in [1.54, 1.807) is 19.1 Å². The topological polar surface area (TPSA) is 60.7 Å². The first-order valence-corrected chi connectivity index (χ1v) is 10.00. The van der Waals surface area contributed by atoms with Crippen LogP contribution in [0.5, 0.6) is 0 Å². The quantitative estimate of drug-likeness (QED) is 0.454. The molecule has 1 aromatic heterocycles. The Bertz CT molecular complexity index is 1360. The maximum atomic E-state index is 14.5. The Kier molecular flexibility index (Phi) is 5.41. The van der Waals surface area contributed by atoms with Crippen LogP contribution in [-0.4, -0.2) is 23.1 Å². The second-order valence-electron chi connectivity index (χ2n) is 6.49. The monoisotopic (exact) mass is 426 g/mol. The number of amides is 1. The lowest BCUT2D eigenvalue weighted by atomic mass is 10.1. The van der Waals surface area contributed by atoms with E-state index < -0.39 is 23.5 Å². The molecule has 0 N–H and O–H groups in total. The molecule has 1 heterocycles. The zero-order valence-corrected chi connectivity index (χ0v) is 16.7. The van der Waals surface area contributed by atoms with Gasteiger partial charge < -0.3 is 9.30 Å². The van der Waals surface area contributed by atoms with Crippen molar-refractivity contribution in [1.29, 1.82) is 0 Å². The molecule has 4 aromatic rings. The SMILES string of the molecule is CCOC(=O)Cn1c(=NC(=O)c2ccc3ccccc3c2)sc2cc(F)cc(F)c21. The van der Waals surface area contributed by atoms with Crippen LogP contribution in [0, 0.1) is 11.6 Å². The molecule has 152 valence electrons. The minimum Gasteiger partial charge on any atom is -0.465 e. The van der Waals surface area contributed by atoms with Crippen molar-refractivity contribution in [2.75, 3.05) is 6.61 Å². The molecule has 0 unspecified atom stereocenters. The molecule has 3 aromatic carbocycles. The van der Waals surface area contributed by atoms with Crippen molar-refractivity contribution in [3.63, 3.8) is 0 Å². The van der Waals surface area contributed by atoms with Crippen molar-refractivity contribution in [3.8, 4) is 0 Å². The molecule has 0 atom stereocenters. The third kappa shape index (κ3) is 3.86. The van der Waals surface area contributed by atoms with Gasteiger partial charge in [0.15, 0.2) is 10.6 Å². The van der Waals surface area contributed by atoms with Gasteiger partial charge in [-0.1, -0.05) is 41.7 Å². The lowest BCUT2D eigenvalue weighted by Gasteiger charge is -2.06. The van der Waals surface area contributed by atoms with Crippen molar-refractivity contribution >= 4 is 44.2 Å². The summed E-state index contributed by atoms with van der Waals surface area (Å²) in [5.41, 5.74) is 0.347. The van der Waals surface area contributed by atoms with Crippen LogP contribution in [0.25, 0.3) is 21.0 Å². The Hall–Kier alpha value is -3.39. The predicted octanol–water partition coefficient (Wildman–Crippen LogP) is 4.44. The summed E-state index contributed by atoms with van der Waals surface area (Å²) in [6.45, 7) is 1.46. The van der Waals surface area contributed by atoms with Crippen molar-refractivity contribution in [1.82, 2.24) is 4.57 Å². The molecule has 0 aliphatic carbocycles. The van der Waals surface area contributed by atoms with E-state index in [0.29, 0.717) is 5.56 Å². The minimum absolute atomic E-state index is 0.000450. The number of halogens is 2. The normalized spacial score (nSPS) is 11.9. The van der Waals surface area contributed by atoms with E-state index in [9.17, 15) is 18.4 Å². The smallest absolute Gasteiger partial charge is 0.326 e. The van der Waals surface area contributed by atoms with Gasteiger partial charge in [0.25, 0.3) is 5.91 Å². The maximum absolute atomic E-state index is 14.5. The molecule has 5 nitrogen and oxygen atoms in total. The van der Waals surface area contributed by atoms with Gasteiger partial charge in [0.2, 0.25) is 0 Å². The molecule has 0 aliphatic heterocycles. The molecule has 0 aliphatic rings. The summed E-state index contributed by atoms with van der Waals surface area (Å²) >= 11 is 0.927. The zero-order valence-electron chi connectivity index (χ0n) is 15.9. The Morgan fingerprint density at radius 2 is 1.83 bits per heavy atom. The molecule has 0 fully saturated rings. The predicted molar refractivity (Wildman–Crippen MR) is 110 cm³/mol. The van der Waals surface area contributed by atoms with Crippen molar-refractivity contribution in [3.05, 3.63) is 76.6 Å². The number of carbonyl (C=O) groups excluding carboxylic acids is 2. The summed E-state index contributed by atoms with van der Waals surface area (Å²) in [7, 11) is 0. The van der Waals surface area contributed by atoms with E-state index in [-0.39, 0.29) is 28.2 Å². The van der Waals surface area contributed by atoms with Crippen LogP contribution in [0.2, 0.25) is 0 Å². The van der Waals surface area contributed by atoms with E-state index in [0.717, 1.165) is 34.2 Å². The van der Waals surface area contributed by atoms with Gasteiger partial charge in [-0.05, 0) is 35.9 Å². The van der Waals surface area contributed by atoms with E-state index >= 15 is 0 Å². The van der Waals surface area contributed by atoms with E-state index in [4.69, 9.17) is 4.74 Å². The Morgan fingerprint density at radius 1 is 1.07 bits per heavy atom. The van der Waals surface area contributed by atoms with Crippen LogP contribution < -0.4 is 4.80 Å². The van der Waals surface area contributed by atoms with Crippen LogP contribution in [0.4, 0.5) is 8.78 Å². The van der Waals surface area contributed by atoms with Crippen molar-refractivity contribution in [2.24, 2.45) is 4.99 Å². The second kappa shape index (κ2) is 8.16. The number of carbonyl (C=O) groups is 2. The number of ether oxygens (including phenoxy) is 1. The number of hydrogen-bond donors (Lipinski definition) is 0. The molecular formula is C22H16F2N2O3S. The first-order chi connectivity index (χ1) is 14.5.